The molecule has 2 aliphatic rings. The molecule has 2 aliphatic heterocycles. The molecule has 4 rings (SSSR count). The van der Waals surface area contributed by atoms with Crippen molar-refractivity contribution in [3.8, 4) is 0 Å². The van der Waals surface area contributed by atoms with Gasteiger partial charge in [-0.25, -0.2) is 4.39 Å². The highest BCUT2D eigenvalue weighted by molar-refractivity contribution is 5.27. The number of nitrogens with zero attached hydrogens (tertiary/aromatic N) is 1. The van der Waals surface area contributed by atoms with Crippen molar-refractivity contribution >= 4 is 0 Å². The van der Waals surface area contributed by atoms with Crippen LogP contribution in [-0.2, 0) is 6.42 Å². The van der Waals surface area contributed by atoms with Gasteiger partial charge in [0.2, 0.25) is 0 Å². The standard InChI is InChI=1S/C20H23FN2O/c21-17-5-1-4-16(13-17)18(24)20-10-8-19(23-20,9-11-20)7-6-15-3-2-12-22-14-15/h1-5,12-14,18,23-24H,6-11H2/t18-,19?,20?/m0/s1. The second-order valence-electron chi connectivity index (χ2n) is 7.38. The van der Waals surface area contributed by atoms with Crippen LogP contribution in [0, 0.1) is 5.82 Å². The van der Waals surface area contributed by atoms with E-state index in [4.69, 9.17) is 0 Å². The molecular formula is C20H23FN2O. The van der Waals surface area contributed by atoms with Gasteiger partial charge in [0.15, 0.2) is 0 Å². The highest BCUT2D eigenvalue weighted by Gasteiger charge is 2.56. The number of pyridine rings is 1. The van der Waals surface area contributed by atoms with Crippen LogP contribution in [-0.4, -0.2) is 21.2 Å². The number of benzene rings is 1. The summed E-state index contributed by atoms with van der Waals surface area (Å²) in [5.74, 6) is -0.290. The van der Waals surface area contributed by atoms with Gasteiger partial charge in [0.05, 0.1) is 6.10 Å². The van der Waals surface area contributed by atoms with E-state index in [1.807, 2.05) is 18.3 Å². The first kappa shape index (κ1) is 15.7. The molecule has 3 nitrogen and oxygen atoms in total. The molecule has 2 saturated heterocycles. The smallest absolute Gasteiger partial charge is 0.123 e. The number of aliphatic hydroxyl groups is 1. The van der Waals surface area contributed by atoms with E-state index < -0.39 is 6.10 Å². The third-order valence-electron chi connectivity index (χ3n) is 5.92. The summed E-state index contributed by atoms with van der Waals surface area (Å²) in [6.07, 6.45) is 9.13. The van der Waals surface area contributed by atoms with Crippen molar-refractivity contribution < 1.29 is 9.50 Å². The number of hydrogen-bond acceptors (Lipinski definition) is 3. The Bertz CT molecular complexity index is 711. The molecule has 0 radical (unpaired) electrons. The fourth-order valence-electron chi connectivity index (χ4n) is 4.53. The van der Waals surface area contributed by atoms with Crippen LogP contribution in [0.2, 0.25) is 0 Å². The summed E-state index contributed by atoms with van der Waals surface area (Å²) in [5.41, 5.74) is 1.73. The average molecular weight is 326 g/mol. The van der Waals surface area contributed by atoms with Crippen molar-refractivity contribution in [1.82, 2.24) is 10.3 Å². The van der Waals surface area contributed by atoms with Crippen molar-refractivity contribution in [2.75, 3.05) is 0 Å². The van der Waals surface area contributed by atoms with Gasteiger partial charge < -0.3 is 10.4 Å². The van der Waals surface area contributed by atoms with E-state index in [1.165, 1.54) is 17.7 Å². The highest BCUT2D eigenvalue weighted by atomic mass is 19.1. The minimum Gasteiger partial charge on any atom is -0.386 e. The minimum atomic E-state index is -0.657. The number of nitrogens with one attached hydrogen (secondary N) is 1. The molecule has 2 N–H and O–H groups in total. The van der Waals surface area contributed by atoms with E-state index >= 15 is 0 Å². The van der Waals surface area contributed by atoms with Crippen LogP contribution in [0.3, 0.4) is 0 Å². The summed E-state index contributed by atoms with van der Waals surface area (Å²) in [6.45, 7) is 0. The van der Waals surface area contributed by atoms with Crippen LogP contribution in [0.1, 0.15) is 49.3 Å². The number of aryl methyl sites for hydroxylation is 1. The van der Waals surface area contributed by atoms with E-state index in [-0.39, 0.29) is 16.9 Å². The first-order valence-corrected chi connectivity index (χ1v) is 8.73. The summed E-state index contributed by atoms with van der Waals surface area (Å²) < 4.78 is 13.5. The van der Waals surface area contributed by atoms with Crippen molar-refractivity contribution in [3.05, 3.63) is 65.7 Å². The van der Waals surface area contributed by atoms with Crippen LogP contribution in [0.15, 0.2) is 48.8 Å². The van der Waals surface area contributed by atoms with Gasteiger partial charge in [0, 0.05) is 23.5 Å². The lowest BCUT2D eigenvalue weighted by atomic mass is 9.76. The Morgan fingerprint density at radius 2 is 2.00 bits per heavy atom. The van der Waals surface area contributed by atoms with Gasteiger partial charge in [-0.05, 0) is 67.9 Å². The van der Waals surface area contributed by atoms with Crippen LogP contribution >= 0.6 is 0 Å². The molecular weight excluding hydrogens is 303 g/mol. The van der Waals surface area contributed by atoms with Gasteiger partial charge >= 0.3 is 0 Å². The number of aliphatic hydroxyl groups excluding tert-OH is 1. The van der Waals surface area contributed by atoms with E-state index in [2.05, 4.69) is 16.4 Å². The Morgan fingerprint density at radius 3 is 2.71 bits per heavy atom. The zero-order valence-electron chi connectivity index (χ0n) is 13.7. The first-order chi connectivity index (χ1) is 11.6. The molecule has 0 saturated carbocycles. The Morgan fingerprint density at radius 1 is 1.17 bits per heavy atom. The van der Waals surface area contributed by atoms with Crippen LogP contribution in [0.25, 0.3) is 0 Å². The monoisotopic (exact) mass is 326 g/mol. The fraction of sp³-hybridized carbons (Fsp3) is 0.450. The van der Waals surface area contributed by atoms with Gasteiger partial charge in [0.25, 0.3) is 0 Å². The number of aromatic nitrogens is 1. The molecule has 2 bridgehead atoms. The Balaban J connectivity index is 1.48. The van der Waals surface area contributed by atoms with Gasteiger partial charge in [-0.3, -0.25) is 4.98 Å². The molecule has 0 unspecified atom stereocenters. The van der Waals surface area contributed by atoms with Crippen molar-refractivity contribution in [2.24, 2.45) is 0 Å². The van der Waals surface area contributed by atoms with Crippen molar-refractivity contribution in [2.45, 2.75) is 55.7 Å². The summed E-state index contributed by atoms with van der Waals surface area (Å²) in [7, 11) is 0. The number of fused-ring (bicyclic) bond motifs is 2. The molecule has 1 aromatic carbocycles. The molecule has 3 heterocycles. The molecule has 126 valence electrons. The molecule has 0 spiro atoms. The second-order valence-corrected chi connectivity index (χ2v) is 7.38. The zero-order valence-corrected chi connectivity index (χ0v) is 13.7. The maximum Gasteiger partial charge on any atom is 0.123 e. The first-order valence-electron chi connectivity index (χ1n) is 8.73. The normalized spacial score (nSPS) is 29.8. The molecule has 24 heavy (non-hydrogen) atoms. The van der Waals surface area contributed by atoms with Crippen molar-refractivity contribution in [3.63, 3.8) is 0 Å². The predicted molar refractivity (Wildman–Crippen MR) is 91.0 cm³/mol. The summed E-state index contributed by atoms with van der Waals surface area (Å²) in [6, 6.07) is 10.4. The van der Waals surface area contributed by atoms with Gasteiger partial charge in [0.1, 0.15) is 5.82 Å². The van der Waals surface area contributed by atoms with E-state index in [0.29, 0.717) is 5.56 Å². The lowest BCUT2D eigenvalue weighted by molar-refractivity contribution is 0.0733. The fourth-order valence-corrected chi connectivity index (χ4v) is 4.53. The van der Waals surface area contributed by atoms with Crippen LogP contribution in [0.4, 0.5) is 4.39 Å². The van der Waals surface area contributed by atoms with Crippen molar-refractivity contribution in [1.29, 1.82) is 0 Å². The SMILES string of the molecule is O[C@@H](c1cccc(F)c1)C12CCC(CCc3cccnc3)(CC1)N2. The molecule has 4 heteroatoms. The Kier molecular flexibility index (Phi) is 3.89. The van der Waals surface area contributed by atoms with E-state index in [9.17, 15) is 9.50 Å². The van der Waals surface area contributed by atoms with Gasteiger partial charge in [-0.2, -0.15) is 0 Å². The van der Waals surface area contributed by atoms with Crippen LogP contribution < -0.4 is 5.32 Å². The quantitative estimate of drug-likeness (QED) is 0.883. The molecule has 1 aromatic heterocycles. The molecule has 2 aromatic rings. The summed E-state index contributed by atoms with van der Waals surface area (Å²) >= 11 is 0. The summed E-state index contributed by atoms with van der Waals surface area (Å²) in [4.78, 5) is 4.18. The predicted octanol–water partition coefficient (Wildman–Crippen LogP) is 3.54. The zero-order chi connectivity index (χ0) is 16.6. The highest BCUT2D eigenvalue weighted by Crippen LogP contribution is 2.52. The van der Waals surface area contributed by atoms with Gasteiger partial charge in [-0.1, -0.05) is 18.2 Å². The van der Waals surface area contributed by atoms with Gasteiger partial charge in [-0.15, -0.1) is 0 Å². The average Bonchev–Trinajstić information content (AvgIpc) is 3.18. The Labute approximate surface area is 141 Å². The molecule has 1 atom stereocenters. The molecule has 2 fully saturated rings. The lowest BCUT2D eigenvalue weighted by Gasteiger charge is -2.32. The molecule has 0 aliphatic carbocycles. The Hall–Kier alpha value is -1.78. The maximum atomic E-state index is 13.5. The van der Waals surface area contributed by atoms with E-state index in [0.717, 1.165) is 38.5 Å². The summed E-state index contributed by atoms with van der Waals surface area (Å²) in [5, 5.41) is 14.6. The molecule has 0 amide bonds. The topological polar surface area (TPSA) is 45.2 Å². The van der Waals surface area contributed by atoms with E-state index in [1.54, 1.807) is 12.3 Å². The minimum absolute atomic E-state index is 0.101. The number of rotatable bonds is 5. The third kappa shape index (κ3) is 2.74. The lowest BCUT2D eigenvalue weighted by Crippen LogP contribution is -2.46. The maximum absolute atomic E-state index is 13.5. The largest absolute Gasteiger partial charge is 0.386 e. The second kappa shape index (κ2) is 5.94. The third-order valence-corrected chi connectivity index (χ3v) is 5.92. The number of hydrogen-bond donors (Lipinski definition) is 2. The van der Waals surface area contributed by atoms with Crippen LogP contribution in [0.5, 0.6) is 0 Å². The number of halogens is 1.